The number of carbonyl (C=O) groups is 4. The molecular weight excluding hydrogens is 631 g/mol. The van der Waals surface area contributed by atoms with Crippen molar-refractivity contribution >= 4 is 52.4 Å². The van der Waals surface area contributed by atoms with Crippen molar-refractivity contribution < 1.29 is 32.3 Å². The van der Waals surface area contributed by atoms with E-state index in [2.05, 4.69) is 28.7 Å². The summed E-state index contributed by atoms with van der Waals surface area (Å²) in [6, 6.07) is 0.358. The monoisotopic (exact) mass is 665 g/mol. The molecule has 0 bridgehead atoms. The number of nitrogens with zero attached hydrogens (tertiary/aromatic N) is 5. The average Bonchev–Trinajstić information content (AvgIpc) is 3.93. The van der Waals surface area contributed by atoms with Crippen LogP contribution in [0.2, 0.25) is 0 Å². The van der Waals surface area contributed by atoms with E-state index in [9.17, 15) is 32.3 Å². The van der Waals surface area contributed by atoms with Gasteiger partial charge in [-0.2, -0.15) is 13.2 Å². The first kappa shape index (κ1) is 32.9. The first-order valence-corrected chi connectivity index (χ1v) is 16.4. The van der Waals surface area contributed by atoms with Crippen molar-refractivity contribution in [2.75, 3.05) is 11.4 Å². The van der Waals surface area contributed by atoms with Crippen LogP contribution < -0.4 is 16.2 Å². The fraction of sp³-hybridized carbons (Fsp3) is 0.517. The van der Waals surface area contributed by atoms with E-state index < -0.39 is 41.0 Å². The molecule has 242 valence electrons. The second-order valence-corrected chi connectivity index (χ2v) is 13.8. The summed E-state index contributed by atoms with van der Waals surface area (Å²) in [6.07, 6.45) is 0.679. The Morgan fingerprint density at radius 2 is 1.89 bits per heavy atom. The molecule has 1 aliphatic heterocycles. The number of carbonyl (C=O) groups excluding carboxylic acids is 4. The Balaban J connectivity index is 1.48. The second kappa shape index (κ2) is 13.1. The molecule has 3 heterocycles. The van der Waals surface area contributed by atoms with Crippen LogP contribution in [0.25, 0.3) is 0 Å². The standard InChI is InChI=1S/C29H34F3N7O4S2/c1-15(2)12-37(19-7-8-19)28-35-22(14-44-28)24(41)39(20(13-40)10-17-4-5-17)25(42)23-16(3)38(27(43)36-33)26(45-23)21-9-6-18(11-34-21)29(30,31)32/h6,9,11,13-15,17,19-20,26H,4-5,7-8,10,12,33H2,1-3H3,(H,36,43)/t20-,26?/m0/s1. The van der Waals surface area contributed by atoms with Crippen LogP contribution in [0, 0.1) is 11.8 Å². The Morgan fingerprint density at radius 3 is 2.42 bits per heavy atom. The van der Waals surface area contributed by atoms with Crippen molar-refractivity contribution in [3.05, 3.63) is 51.3 Å². The summed E-state index contributed by atoms with van der Waals surface area (Å²) in [6.45, 7) is 6.41. The minimum Gasteiger partial charge on any atom is -0.345 e. The number of urea groups is 1. The van der Waals surface area contributed by atoms with E-state index >= 15 is 0 Å². The summed E-state index contributed by atoms with van der Waals surface area (Å²) in [5.41, 5.74) is 1.19. The molecule has 2 atom stereocenters. The van der Waals surface area contributed by atoms with Crippen molar-refractivity contribution in [2.24, 2.45) is 17.7 Å². The molecule has 2 aromatic heterocycles. The second-order valence-electron chi connectivity index (χ2n) is 11.8. The van der Waals surface area contributed by atoms with Gasteiger partial charge in [0.15, 0.2) is 5.13 Å². The summed E-state index contributed by atoms with van der Waals surface area (Å²) in [5.74, 6) is 4.39. The van der Waals surface area contributed by atoms with Gasteiger partial charge in [-0.05, 0) is 50.2 Å². The number of rotatable bonds is 11. The zero-order valence-corrected chi connectivity index (χ0v) is 26.5. The van der Waals surface area contributed by atoms with Crippen LogP contribution in [0.1, 0.15) is 80.0 Å². The number of aldehydes is 1. The number of thioether (sulfide) groups is 1. The Morgan fingerprint density at radius 1 is 1.18 bits per heavy atom. The average molecular weight is 666 g/mol. The summed E-state index contributed by atoms with van der Waals surface area (Å²) < 4.78 is 39.5. The van der Waals surface area contributed by atoms with Gasteiger partial charge in [0, 0.05) is 29.9 Å². The number of pyridine rings is 1. The molecule has 16 heteroatoms. The lowest BCUT2D eigenvalue weighted by molar-refractivity contribution is -0.137. The minimum absolute atomic E-state index is 0.0270. The van der Waals surface area contributed by atoms with E-state index in [4.69, 9.17) is 5.84 Å². The summed E-state index contributed by atoms with van der Waals surface area (Å²) in [4.78, 5) is 66.2. The Kier molecular flexibility index (Phi) is 9.56. The molecule has 11 nitrogen and oxygen atoms in total. The highest BCUT2D eigenvalue weighted by Gasteiger charge is 2.45. The number of alkyl halides is 3. The van der Waals surface area contributed by atoms with E-state index in [1.165, 1.54) is 18.3 Å². The highest BCUT2D eigenvalue weighted by atomic mass is 32.2. The van der Waals surface area contributed by atoms with Gasteiger partial charge in [0.25, 0.3) is 11.8 Å². The zero-order valence-electron chi connectivity index (χ0n) is 24.9. The molecule has 1 unspecified atom stereocenters. The van der Waals surface area contributed by atoms with Crippen molar-refractivity contribution in [2.45, 2.75) is 76.5 Å². The molecule has 5 rings (SSSR count). The fourth-order valence-electron chi connectivity index (χ4n) is 5.18. The van der Waals surface area contributed by atoms with E-state index in [0.29, 0.717) is 29.6 Å². The number of thiazole rings is 1. The molecule has 0 aromatic carbocycles. The van der Waals surface area contributed by atoms with E-state index in [1.54, 1.807) is 5.38 Å². The molecule has 2 aliphatic carbocycles. The van der Waals surface area contributed by atoms with Crippen LogP contribution in [-0.4, -0.2) is 62.5 Å². The lowest BCUT2D eigenvalue weighted by Crippen LogP contribution is -2.46. The number of halogens is 3. The van der Waals surface area contributed by atoms with Gasteiger partial charge >= 0.3 is 12.2 Å². The zero-order chi connectivity index (χ0) is 32.6. The molecule has 3 N–H and O–H groups in total. The molecular formula is C29H34F3N7O4S2. The predicted octanol–water partition coefficient (Wildman–Crippen LogP) is 5.08. The predicted molar refractivity (Wildman–Crippen MR) is 163 cm³/mol. The van der Waals surface area contributed by atoms with Crippen LogP contribution in [0.3, 0.4) is 0 Å². The lowest BCUT2D eigenvalue weighted by atomic mass is 10.1. The molecule has 3 aliphatic rings. The molecule has 2 aromatic rings. The summed E-state index contributed by atoms with van der Waals surface area (Å²) >= 11 is 2.14. The number of hydrogen-bond donors (Lipinski definition) is 2. The molecule has 2 saturated carbocycles. The molecule has 0 saturated heterocycles. The van der Waals surface area contributed by atoms with Crippen LogP contribution in [0.4, 0.5) is 23.1 Å². The van der Waals surface area contributed by atoms with Crippen molar-refractivity contribution in [1.29, 1.82) is 0 Å². The van der Waals surface area contributed by atoms with Crippen molar-refractivity contribution in [3.8, 4) is 0 Å². The largest absolute Gasteiger partial charge is 0.417 e. The maximum absolute atomic E-state index is 14.3. The van der Waals surface area contributed by atoms with Gasteiger partial charge in [-0.25, -0.2) is 15.6 Å². The minimum atomic E-state index is -4.62. The Hall–Kier alpha value is -3.50. The van der Waals surface area contributed by atoms with E-state index in [-0.39, 0.29) is 34.3 Å². The highest BCUT2D eigenvalue weighted by molar-refractivity contribution is 8.04. The van der Waals surface area contributed by atoms with Gasteiger partial charge < -0.3 is 9.69 Å². The molecule has 0 radical (unpaired) electrons. The SMILES string of the molecule is CC1=C(C(=O)N(C(=O)c2csc(N(CC(C)C)C3CC3)n2)[C@H](C=O)CC2CC2)SC(c2ccc(C(F)(F)F)cn2)N1C(=O)NN. The highest BCUT2D eigenvalue weighted by Crippen LogP contribution is 2.48. The van der Waals surface area contributed by atoms with Crippen LogP contribution in [-0.2, 0) is 15.8 Å². The smallest absolute Gasteiger partial charge is 0.345 e. The molecule has 0 spiro atoms. The Labute approximate surface area is 266 Å². The number of nitrogens with two attached hydrogens (primary N) is 1. The van der Waals surface area contributed by atoms with Gasteiger partial charge in [0.1, 0.15) is 17.4 Å². The molecule has 45 heavy (non-hydrogen) atoms. The third kappa shape index (κ3) is 7.17. The maximum Gasteiger partial charge on any atom is 0.417 e. The number of hydrazine groups is 1. The molecule has 2 fully saturated rings. The number of amides is 4. The van der Waals surface area contributed by atoms with Gasteiger partial charge in [0.05, 0.1) is 22.2 Å². The number of anilines is 1. The van der Waals surface area contributed by atoms with Gasteiger partial charge in [-0.1, -0.05) is 38.5 Å². The van der Waals surface area contributed by atoms with Gasteiger partial charge in [-0.3, -0.25) is 29.8 Å². The van der Waals surface area contributed by atoms with Crippen LogP contribution in [0.15, 0.2) is 34.3 Å². The van der Waals surface area contributed by atoms with E-state index in [1.807, 2.05) is 5.43 Å². The lowest BCUT2D eigenvalue weighted by Gasteiger charge is -2.26. The third-order valence-corrected chi connectivity index (χ3v) is 10.0. The first-order valence-electron chi connectivity index (χ1n) is 14.6. The number of allylic oxidation sites excluding steroid dienone is 1. The van der Waals surface area contributed by atoms with Gasteiger partial charge in [-0.15, -0.1) is 11.3 Å². The van der Waals surface area contributed by atoms with Crippen molar-refractivity contribution in [3.63, 3.8) is 0 Å². The van der Waals surface area contributed by atoms with E-state index in [0.717, 1.165) is 65.9 Å². The number of aromatic nitrogens is 2. The quantitative estimate of drug-likeness (QED) is 0.111. The summed E-state index contributed by atoms with van der Waals surface area (Å²) in [7, 11) is 0. The Bertz CT molecular complexity index is 1490. The van der Waals surface area contributed by atoms with Crippen LogP contribution in [0.5, 0.6) is 0 Å². The fourth-order valence-corrected chi connectivity index (χ4v) is 7.37. The number of nitrogens with one attached hydrogen (secondary N) is 1. The number of hydrogen-bond acceptors (Lipinski definition) is 10. The van der Waals surface area contributed by atoms with Crippen molar-refractivity contribution in [1.82, 2.24) is 25.2 Å². The molecule has 4 amide bonds. The topological polar surface area (TPSA) is 142 Å². The number of imide groups is 1. The third-order valence-electron chi connectivity index (χ3n) is 7.76. The van der Waals surface area contributed by atoms with Gasteiger partial charge in [0.2, 0.25) is 0 Å². The maximum atomic E-state index is 14.3. The normalized spacial score (nSPS) is 19.1. The first-order chi connectivity index (χ1) is 21.3. The summed E-state index contributed by atoms with van der Waals surface area (Å²) in [5, 5.41) is 1.18. The van der Waals surface area contributed by atoms with Crippen LogP contribution >= 0.6 is 23.1 Å².